The van der Waals surface area contributed by atoms with Crippen LogP contribution in [-0.4, -0.2) is 40.5 Å². The van der Waals surface area contributed by atoms with Crippen LogP contribution >= 0.6 is 0 Å². The second-order valence-electron chi connectivity index (χ2n) is 5.16. The molecule has 0 aliphatic rings. The minimum atomic E-state index is -0.144. The van der Waals surface area contributed by atoms with Crippen LogP contribution in [0.5, 0.6) is 0 Å². The van der Waals surface area contributed by atoms with Crippen molar-refractivity contribution in [3.63, 3.8) is 0 Å². The number of rotatable bonds is 7. The summed E-state index contributed by atoms with van der Waals surface area (Å²) in [6.45, 7) is 10.4. The topological polar surface area (TPSA) is 50.2 Å². The Bertz CT molecular complexity index is 407. The number of aryl methyl sites for hydroxylation is 1. The molecule has 0 aromatic carbocycles. The van der Waals surface area contributed by atoms with Crippen LogP contribution in [0.25, 0.3) is 0 Å². The number of carbonyl (C=O) groups is 1. The first-order chi connectivity index (χ1) is 8.96. The Labute approximate surface area is 116 Å². The number of imidazole rings is 1. The second-order valence-corrected chi connectivity index (χ2v) is 5.16. The fourth-order valence-electron chi connectivity index (χ4n) is 2.10. The van der Waals surface area contributed by atoms with E-state index in [2.05, 4.69) is 28.7 Å². The van der Waals surface area contributed by atoms with Crippen molar-refractivity contribution >= 4 is 5.91 Å². The number of aromatic nitrogens is 2. The predicted octanol–water partition coefficient (Wildman–Crippen LogP) is 1.60. The molecule has 0 radical (unpaired) electrons. The van der Waals surface area contributed by atoms with Crippen molar-refractivity contribution in [1.29, 1.82) is 0 Å². The number of amides is 1. The summed E-state index contributed by atoms with van der Waals surface area (Å²) >= 11 is 0. The van der Waals surface area contributed by atoms with Gasteiger partial charge in [0.15, 0.2) is 0 Å². The maximum Gasteiger partial charge on any atom is 0.224 e. The summed E-state index contributed by atoms with van der Waals surface area (Å²) in [7, 11) is 1.93. The standard InChI is InChI=1S/C14H26N4O/c1-6-17(7-2)13(19)8-9-18-11-16-10-12(18)14(3,4)15-5/h10-11,15H,6-9H2,1-5H3. The number of nitrogens with one attached hydrogen (secondary N) is 1. The van der Waals surface area contributed by atoms with Crippen molar-refractivity contribution in [2.24, 2.45) is 0 Å². The highest BCUT2D eigenvalue weighted by Gasteiger charge is 2.22. The van der Waals surface area contributed by atoms with Crippen LogP contribution in [-0.2, 0) is 16.9 Å². The van der Waals surface area contributed by atoms with Gasteiger partial charge in [-0.1, -0.05) is 0 Å². The summed E-state index contributed by atoms with van der Waals surface area (Å²) in [4.78, 5) is 18.1. The summed E-state index contributed by atoms with van der Waals surface area (Å²) in [6.07, 6.45) is 4.17. The quantitative estimate of drug-likeness (QED) is 0.815. The number of hydrogen-bond donors (Lipinski definition) is 1. The van der Waals surface area contributed by atoms with E-state index in [1.54, 1.807) is 6.33 Å². The molecule has 0 unspecified atom stereocenters. The highest BCUT2D eigenvalue weighted by Crippen LogP contribution is 2.19. The first kappa shape index (κ1) is 15.7. The van der Waals surface area contributed by atoms with Crippen LogP contribution in [0.2, 0.25) is 0 Å². The van der Waals surface area contributed by atoms with Crippen LogP contribution < -0.4 is 5.32 Å². The molecule has 0 saturated carbocycles. The normalized spacial score (nSPS) is 11.6. The molecule has 1 N–H and O–H groups in total. The summed E-state index contributed by atoms with van der Waals surface area (Å²) < 4.78 is 2.05. The average molecular weight is 266 g/mol. The molecule has 1 rings (SSSR count). The third-order valence-corrected chi connectivity index (χ3v) is 3.66. The molecule has 0 spiro atoms. The largest absolute Gasteiger partial charge is 0.343 e. The van der Waals surface area contributed by atoms with Crippen LogP contribution in [0.4, 0.5) is 0 Å². The summed E-state index contributed by atoms with van der Waals surface area (Å²) in [6, 6.07) is 0. The van der Waals surface area contributed by atoms with E-state index in [-0.39, 0.29) is 11.4 Å². The lowest BCUT2D eigenvalue weighted by Gasteiger charge is -2.26. The molecule has 5 nitrogen and oxygen atoms in total. The second kappa shape index (κ2) is 6.70. The van der Waals surface area contributed by atoms with Gasteiger partial charge >= 0.3 is 0 Å². The average Bonchev–Trinajstić information content (AvgIpc) is 2.87. The third-order valence-electron chi connectivity index (χ3n) is 3.66. The van der Waals surface area contributed by atoms with Crippen LogP contribution in [0, 0.1) is 0 Å². The van der Waals surface area contributed by atoms with Gasteiger partial charge < -0.3 is 14.8 Å². The van der Waals surface area contributed by atoms with Crippen molar-refractivity contribution in [2.75, 3.05) is 20.1 Å². The SMILES string of the molecule is CCN(CC)C(=O)CCn1cncc1C(C)(C)NC. The van der Waals surface area contributed by atoms with Gasteiger partial charge in [-0.15, -0.1) is 0 Å². The van der Waals surface area contributed by atoms with Gasteiger partial charge in [0.25, 0.3) is 0 Å². The Morgan fingerprint density at radius 1 is 1.42 bits per heavy atom. The fourth-order valence-corrected chi connectivity index (χ4v) is 2.10. The zero-order valence-corrected chi connectivity index (χ0v) is 12.7. The number of carbonyl (C=O) groups excluding carboxylic acids is 1. The lowest BCUT2D eigenvalue weighted by Crippen LogP contribution is -2.36. The van der Waals surface area contributed by atoms with E-state index < -0.39 is 0 Å². The van der Waals surface area contributed by atoms with E-state index in [0.717, 1.165) is 18.8 Å². The molecule has 5 heteroatoms. The summed E-state index contributed by atoms with van der Waals surface area (Å²) in [5.41, 5.74) is 0.955. The monoisotopic (exact) mass is 266 g/mol. The molecule has 0 bridgehead atoms. The zero-order chi connectivity index (χ0) is 14.5. The first-order valence-electron chi connectivity index (χ1n) is 6.93. The fraction of sp³-hybridized carbons (Fsp3) is 0.714. The highest BCUT2D eigenvalue weighted by atomic mass is 16.2. The summed E-state index contributed by atoms with van der Waals surface area (Å²) in [5.74, 6) is 0.201. The van der Waals surface area contributed by atoms with Gasteiger partial charge in [-0.2, -0.15) is 0 Å². The molecule has 1 aromatic heterocycles. The molecular weight excluding hydrogens is 240 g/mol. The first-order valence-corrected chi connectivity index (χ1v) is 6.93. The van der Waals surface area contributed by atoms with E-state index in [4.69, 9.17) is 0 Å². The molecule has 19 heavy (non-hydrogen) atoms. The van der Waals surface area contributed by atoms with Crippen molar-refractivity contribution in [1.82, 2.24) is 19.8 Å². The minimum absolute atomic E-state index is 0.144. The maximum absolute atomic E-state index is 12.0. The van der Waals surface area contributed by atoms with E-state index in [0.29, 0.717) is 13.0 Å². The Kier molecular flexibility index (Phi) is 5.54. The Balaban J connectivity index is 2.69. The van der Waals surface area contributed by atoms with Gasteiger partial charge in [0, 0.05) is 32.3 Å². The lowest BCUT2D eigenvalue weighted by molar-refractivity contribution is -0.131. The van der Waals surface area contributed by atoms with E-state index in [1.165, 1.54) is 0 Å². The smallest absolute Gasteiger partial charge is 0.224 e. The molecule has 0 atom stereocenters. The third kappa shape index (κ3) is 3.80. The highest BCUT2D eigenvalue weighted by molar-refractivity contribution is 5.76. The molecule has 0 fully saturated rings. The van der Waals surface area contributed by atoms with Crippen LogP contribution in [0.1, 0.15) is 39.8 Å². The van der Waals surface area contributed by atoms with Gasteiger partial charge in [-0.3, -0.25) is 4.79 Å². The van der Waals surface area contributed by atoms with Crippen molar-refractivity contribution in [3.05, 3.63) is 18.2 Å². The van der Waals surface area contributed by atoms with E-state index in [9.17, 15) is 4.79 Å². The van der Waals surface area contributed by atoms with Gasteiger partial charge in [0.2, 0.25) is 5.91 Å². The molecule has 1 aromatic rings. The Morgan fingerprint density at radius 3 is 2.58 bits per heavy atom. The molecular formula is C14H26N4O. The van der Waals surface area contributed by atoms with Gasteiger partial charge in [0.1, 0.15) is 0 Å². The lowest BCUT2D eigenvalue weighted by atomic mass is 10.0. The van der Waals surface area contributed by atoms with Crippen LogP contribution in [0.3, 0.4) is 0 Å². The van der Waals surface area contributed by atoms with Crippen molar-refractivity contribution in [2.45, 2.75) is 46.2 Å². The molecule has 0 saturated heterocycles. The summed E-state index contributed by atoms with van der Waals surface area (Å²) in [5, 5.41) is 3.26. The number of nitrogens with zero attached hydrogens (tertiary/aromatic N) is 3. The molecule has 108 valence electrons. The van der Waals surface area contributed by atoms with E-state index in [1.807, 2.05) is 32.0 Å². The van der Waals surface area contributed by atoms with Gasteiger partial charge in [-0.05, 0) is 34.7 Å². The Hall–Kier alpha value is -1.36. The van der Waals surface area contributed by atoms with Gasteiger partial charge in [0.05, 0.1) is 17.6 Å². The molecule has 1 amide bonds. The zero-order valence-electron chi connectivity index (χ0n) is 12.7. The molecule has 0 aliphatic carbocycles. The van der Waals surface area contributed by atoms with Crippen molar-refractivity contribution in [3.8, 4) is 0 Å². The minimum Gasteiger partial charge on any atom is -0.343 e. The maximum atomic E-state index is 12.0. The van der Waals surface area contributed by atoms with Crippen LogP contribution in [0.15, 0.2) is 12.5 Å². The van der Waals surface area contributed by atoms with Crippen molar-refractivity contribution < 1.29 is 4.79 Å². The molecule has 1 heterocycles. The van der Waals surface area contributed by atoms with Gasteiger partial charge in [-0.25, -0.2) is 4.98 Å². The predicted molar refractivity (Wildman–Crippen MR) is 76.9 cm³/mol. The molecule has 0 aliphatic heterocycles. The van der Waals surface area contributed by atoms with E-state index >= 15 is 0 Å². The Morgan fingerprint density at radius 2 is 2.05 bits per heavy atom. The number of hydrogen-bond acceptors (Lipinski definition) is 3.